The van der Waals surface area contributed by atoms with Gasteiger partial charge in [-0.05, 0) is 38.7 Å². The normalized spacial score (nSPS) is 25.0. The molecule has 0 amide bonds. The maximum absolute atomic E-state index is 5.99. The van der Waals surface area contributed by atoms with Gasteiger partial charge in [-0.2, -0.15) is 0 Å². The number of anilines is 2. The number of rotatable bonds is 2. The highest BCUT2D eigenvalue weighted by Gasteiger charge is 2.44. The molecule has 2 N–H and O–H groups in total. The zero-order valence-corrected chi connectivity index (χ0v) is 16.1. The van der Waals surface area contributed by atoms with Gasteiger partial charge < -0.3 is 19.9 Å². The Morgan fingerprint density at radius 1 is 1.18 bits per heavy atom. The van der Waals surface area contributed by atoms with E-state index < -0.39 is 5.60 Å². The third-order valence-corrected chi connectivity index (χ3v) is 6.38. The van der Waals surface area contributed by atoms with E-state index in [1.165, 1.54) is 12.8 Å². The van der Waals surface area contributed by atoms with E-state index in [0.717, 1.165) is 52.9 Å². The molecule has 0 unspecified atom stereocenters. The van der Waals surface area contributed by atoms with Gasteiger partial charge in [-0.25, -0.2) is 19.9 Å². The van der Waals surface area contributed by atoms with Gasteiger partial charge in [-0.3, -0.25) is 0 Å². The molecular formula is C20H23N7O. The molecule has 144 valence electrons. The second-order valence-corrected chi connectivity index (χ2v) is 8.62. The first-order valence-corrected chi connectivity index (χ1v) is 9.90. The summed E-state index contributed by atoms with van der Waals surface area (Å²) in [5, 5.41) is 0. The van der Waals surface area contributed by atoms with Gasteiger partial charge in [0, 0.05) is 37.1 Å². The van der Waals surface area contributed by atoms with Crippen molar-refractivity contribution in [1.82, 2.24) is 24.5 Å². The Hall–Kier alpha value is -2.74. The number of fused-ring (bicyclic) bond motifs is 4. The minimum Gasteiger partial charge on any atom is -0.368 e. The highest BCUT2D eigenvalue weighted by Crippen LogP contribution is 2.45. The predicted molar refractivity (Wildman–Crippen MR) is 106 cm³/mol. The lowest BCUT2D eigenvalue weighted by molar-refractivity contribution is -0.0529. The molecular weight excluding hydrogens is 354 g/mol. The molecule has 8 nitrogen and oxygen atoms in total. The van der Waals surface area contributed by atoms with Crippen molar-refractivity contribution in [1.29, 1.82) is 0 Å². The van der Waals surface area contributed by atoms with Gasteiger partial charge in [0.05, 0.1) is 17.8 Å². The Kier molecular flexibility index (Phi) is 3.14. The molecule has 2 saturated heterocycles. The smallest absolute Gasteiger partial charge is 0.219 e. The van der Waals surface area contributed by atoms with E-state index in [1.54, 1.807) is 12.4 Å². The first-order valence-electron chi connectivity index (χ1n) is 9.90. The molecule has 4 aliphatic rings. The molecule has 3 fully saturated rings. The van der Waals surface area contributed by atoms with Gasteiger partial charge in [0.1, 0.15) is 16.9 Å². The van der Waals surface area contributed by atoms with Crippen LogP contribution in [0.5, 0.6) is 0 Å². The van der Waals surface area contributed by atoms with E-state index in [4.69, 9.17) is 20.4 Å². The van der Waals surface area contributed by atoms with Crippen LogP contribution in [0.4, 0.5) is 11.8 Å². The first kappa shape index (κ1) is 16.2. The summed E-state index contributed by atoms with van der Waals surface area (Å²) in [5.41, 5.74) is 9.07. The van der Waals surface area contributed by atoms with E-state index >= 15 is 0 Å². The highest BCUT2D eigenvalue weighted by molar-refractivity contribution is 5.91. The first-order chi connectivity index (χ1) is 13.5. The molecule has 3 aliphatic heterocycles. The SMILES string of the molecule is CC1(C)OCCn2c1nc1c(N3CC4CC3C4)nc(-c3cnc(N)nc3)cc12. The van der Waals surface area contributed by atoms with Crippen molar-refractivity contribution in [2.45, 2.75) is 44.9 Å². The lowest BCUT2D eigenvalue weighted by Crippen LogP contribution is -2.33. The molecule has 0 atom stereocenters. The monoisotopic (exact) mass is 377 g/mol. The van der Waals surface area contributed by atoms with Crippen LogP contribution in [0.15, 0.2) is 18.5 Å². The predicted octanol–water partition coefficient (Wildman–Crippen LogP) is 2.33. The van der Waals surface area contributed by atoms with Crippen LogP contribution in [0.2, 0.25) is 0 Å². The second-order valence-electron chi connectivity index (χ2n) is 8.62. The standard InChI is InChI=1S/C20H23N7O/c1-20(2)18-25-16-15(26(18)3-4-28-20)7-14(12-8-22-19(21)23-9-12)24-17(16)27-10-11-5-13(27)6-11/h7-9,11,13H,3-6,10H2,1-2H3,(H2,21,22,23). The van der Waals surface area contributed by atoms with E-state index in [2.05, 4.69) is 39.3 Å². The molecule has 0 spiro atoms. The fourth-order valence-corrected chi connectivity index (χ4v) is 4.86. The topological polar surface area (TPSA) is 95.0 Å². The lowest BCUT2D eigenvalue weighted by atomic mass is 9.86. The number of aromatic nitrogens is 5. The van der Waals surface area contributed by atoms with Gasteiger partial charge in [0.25, 0.3) is 0 Å². The molecule has 0 radical (unpaired) electrons. The highest BCUT2D eigenvalue weighted by atomic mass is 16.5. The Morgan fingerprint density at radius 3 is 2.68 bits per heavy atom. The fraction of sp³-hybridized carbons (Fsp3) is 0.500. The minimum absolute atomic E-state index is 0.269. The second kappa shape index (κ2) is 5.41. The molecule has 7 rings (SSSR count). The van der Waals surface area contributed by atoms with Crippen LogP contribution in [-0.4, -0.2) is 43.7 Å². The molecule has 1 aliphatic carbocycles. The van der Waals surface area contributed by atoms with Crippen molar-refractivity contribution in [2.75, 3.05) is 23.8 Å². The van der Waals surface area contributed by atoms with Crippen molar-refractivity contribution in [3.63, 3.8) is 0 Å². The maximum Gasteiger partial charge on any atom is 0.219 e. The summed E-state index contributed by atoms with van der Waals surface area (Å²) in [4.78, 5) is 20.8. The van der Waals surface area contributed by atoms with Crippen molar-refractivity contribution >= 4 is 22.8 Å². The number of nitrogens with two attached hydrogens (primary N) is 1. The van der Waals surface area contributed by atoms with Crippen LogP contribution in [-0.2, 0) is 16.9 Å². The molecule has 2 bridgehead atoms. The largest absolute Gasteiger partial charge is 0.368 e. The van der Waals surface area contributed by atoms with Crippen LogP contribution in [0.25, 0.3) is 22.3 Å². The Balaban J connectivity index is 1.60. The number of nitrogens with zero attached hydrogens (tertiary/aromatic N) is 6. The number of hydrogen-bond acceptors (Lipinski definition) is 7. The van der Waals surface area contributed by atoms with Crippen LogP contribution in [0, 0.1) is 5.92 Å². The van der Waals surface area contributed by atoms with Crippen LogP contribution in [0.1, 0.15) is 32.5 Å². The van der Waals surface area contributed by atoms with Crippen molar-refractivity contribution < 1.29 is 4.74 Å². The Morgan fingerprint density at radius 2 is 1.96 bits per heavy atom. The number of nitrogen functional groups attached to an aromatic ring is 1. The molecule has 6 heterocycles. The molecule has 8 heteroatoms. The fourth-order valence-electron chi connectivity index (χ4n) is 4.86. The van der Waals surface area contributed by atoms with E-state index in [0.29, 0.717) is 12.6 Å². The Labute approximate surface area is 162 Å². The third-order valence-electron chi connectivity index (χ3n) is 6.38. The van der Waals surface area contributed by atoms with Gasteiger partial charge in [-0.1, -0.05) is 0 Å². The number of hydrogen-bond donors (Lipinski definition) is 1. The number of ether oxygens (including phenoxy) is 1. The summed E-state index contributed by atoms with van der Waals surface area (Å²) < 4.78 is 8.28. The van der Waals surface area contributed by atoms with Crippen LogP contribution >= 0.6 is 0 Å². The zero-order chi connectivity index (χ0) is 19.0. The average molecular weight is 377 g/mol. The third kappa shape index (κ3) is 2.21. The summed E-state index contributed by atoms with van der Waals surface area (Å²) in [7, 11) is 0. The van der Waals surface area contributed by atoms with Crippen LogP contribution < -0.4 is 10.6 Å². The van der Waals surface area contributed by atoms with Crippen molar-refractivity contribution in [3.8, 4) is 11.3 Å². The van der Waals surface area contributed by atoms with Gasteiger partial charge in [0.2, 0.25) is 5.95 Å². The van der Waals surface area contributed by atoms with E-state index in [-0.39, 0.29) is 5.95 Å². The van der Waals surface area contributed by atoms with E-state index in [9.17, 15) is 0 Å². The summed E-state index contributed by atoms with van der Waals surface area (Å²) in [5.74, 6) is 3.01. The Bertz CT molecular complexity index is 1080. The van der Waals surface area contributed by atoms with Gasteiger partial charge in [0.15, 0.2) is 5.82 Å². The summed E-state index contributed by atoms with van der Waals surface area (Å²) in [6.07, 6.45) is 6.01. The quantitative estimate of drug-likeness (QED) is 0.732. The van der Waals surface area contributed by atoms with Gasteiger partial charge >= 0.3 is 0 Å². The maximum atomic E-state index is 5.99. The van der Waals surface area contributed by atoms with Gasteiger partial charge in [-0.15, -0.1) is 0 Å². The van der Waals surface area contributed by atoms with Crippen molar-refractivity contribution in [3.05, 3.63) is 24.3 Å². The molecule has 1 saturated carbocycles. The summed E-state index contributed by atoms with van der Waals surface area (Å²) in [6.45, 7) is 6.70. The number of pyridine rings is 1. The minimum atomic E-state index is -0.411. The zero-order valence-electron chi connectivity index (χ0n) is 16.1. The van der Waals surface area contributed by atoms with Crippen LogP contribution in [0.3, 0.4) is 0 Å². The van der Waals surface area contributed by atoms with Crippen molar-refractivity contribution in [2.24, 2.45) is 5.92 Å². The molecule has 0 aromatic carbocycles. The summed E-state index contributed by atoms with van der Waals surface area (Å²) in [6, 6.07) is 2.69. The summed E-state index contributed by atoms with van der Waals surface area (Å²) >= 11 is 0. The molecule has 3 aromatic rings. The van der Waals surface area contributed by atoms with E-state index in [1.807, 2.05) is 0 Å². The molecule has 28 heavy (non-hydrogen) atoms. The average Bonchev–Trinajstić information content (AvgIpc) is 3.33. The number of imidazole rings is 1. The molecule has 3 aromatic heterocycles. The lowest BCUT2D eigenvalue weighted by Gasteiger charge is -2.30.